The maximum absolute atomic E-state index is 10.2. The second-order valence-corrected chi connectivity index (χ2v) is 8.03. The van der Waals surface area contributed by atoms with E-state index in [1.54, 1.807) is 7.11 Å². The van der Waals surface area contributed by atoms with Gasteiger partial charge in [-0.1, -0.05) is 48.5 Å². The largest absolute Gasteiger partial charge is 0.497 e. The zero-order chi connectivity index (χ0) is 22.0. The molecule has 0 aromatic heterocycles. The molecule has 5 heteroatoms. The normalized spacial score (nSPS) is 24.1. The molecule has 2 aliphatic carbocycles. The molecule has 2 N–H and O–H groups in total. The van der Waals surface area contributed by atoms with Gasteiger partial charge in [-0.05, 0) is 53.5 Å². The molecule has 31 heavy (non-hydrogen) atoms. The topological polar surface area (TPSA) is 107 Å². The van der Waals surface area contributed by atoms with Crippen LogP contribution in [0.5, 0.6) is 5.75 Å². The van der Waals surface area contributed by atoms with E-state index in [1.165, 1.54) is 5.56 Å². The summed E-state index contributed by atoms with van der Waals surface area (Å²) in [7, 11) is 1.59. The average Bonchev–Trinajstić information content (AvgIpc) is 2.84. The number of nitrogens with zero attached hydrogens (tertiary/aromatic N) is 3. The van der Waals surface area contributed by atoms with E-state index in [2.05, 4.69) is 36.4 Å². The van der Waals surface area contributed by atoms with Crippen LogP contribution in [0.25, 0.3) is 0 Å². The molecule has 152 valence electrons. The quantitative estimate of drug-likeness (QED) is 0.796. The second kappa shape index (κ2) is 8.02. The molecule has 2 aliphatic rings. The van der Waals surface area contributed by atoms with Crippen molar-refractivity contribution in [1.82, 2.24) is 0 Å². The van der Waals surface area contributed by atoms with Gasteiger partial charge in [0.25, 0.3) is 0 Å². The highest BCUT2D eigenvalue weighted by atomic mass is 16.5. The van der Waals surface area contributed by atoms with Gasteiger partial charge >= 0.3 is 0 Å². The van der Waals surface area contributed by atoms with Crippen molar-refractivity contribution >= 4 is 0 Å². The molecular weight excluding hydrogens is 384 g/mol. The summed E-state index contributed by atoms with van der Waals surface area (Å²) >= 11 is 0. The first kappa shape index (κ1) is 20.3. The number of fused-ring (bicyclic) bond motifs is 1. The predicted molar refractivity (Wildman–Crippen MR) is 116 cm³/mol. The Bertz CT molecular complexity index is 1160. The fraction of sp³-hybridized carbons (Fsp3) is 0.269. The van der Waals surface area contributed by atoms with E-state index in [0.717, 1.165) is 24.0 Å². The fourth-order valence-corrected chi connectivity index (χ4v) is 5.08. The lowest BCUT2D eigenvalue weighted by Gasteiger charge is -2.45. The highest BCUT2D eigenvalue weighted by molar-refractivity contribution is 5.59. The standard InChI is InChI=1S/C26H22N4O/c1-31-20-10-7-18(8-11-20)24-22-13-19(17-5-3-2-4-6-17)9-12-21(22)23(14-27)25(30)26(24,15-28)16-29/h2-8,10-12,19,22,24H,9,13,30H2,1H3/t19?,22-,24+/m1/s1. The summed E-state index contributed by atoms with van der Waals surface area (Å²) in [5.41, 5.74) is 8.01. The van der Waals surface area contributed by atoms with Crippen molar-refractivity contribution in [3.8, 4) is 24.0 Å². The van der Waals surface area contributed by atoms with Crippen molar-refractivity contribution in [3.05, 3.63) is 88.6 Å². The monoisotopic (exact) mass is 406 g/mol. The molecule has 0 fully saturated rings. The lowest BCUT2D eigenvalue weighted by atomic mass is 9.55. The predicted octanol–water partition coefficient (Wildman–Crippen LogP) is 4.68. The fourth-order valence-electron chi connectivity index (χ4n) is 5.08. The zero-order valence-electron chi connectivity index (χ0n) is 17.2. The number of nitrogens with two attached hydrogens (primary N) is 1. The number of hydrogen-bond acceptors (Lipinski definition) is 5. The van der Waals surface area contributed by atoms with E-state index in [0.29, 0.717) is 5.75 Å². The molecule has 0 aliphatic heterocycles. The number of allylic oxidation sites excluding steroid dienone is 4. The number of ether oxygens (including phenoxy) is 1. The van der Waals surface area contributed by atoms with Crippen LogP contribution in [0.1, 0.15) is 35.8 Å². The summed E-state index contributed by atoms with van der Waals surface area (Å²) in [4.78, 5) is 0. The number of hydrogen-bond donors (Lipinski definition) is 1. The summed E-state index contributed by atoms with van der Waals surface area (Å²) in [6.07, 6.45) is 3.60. The minimum Gasteiger partial charge on any atom is -0.497 e. The summed E-state index contributed by atoms with van der Waals surface area (Å²) in [6.45, 7) is 0. The molecule has 1 unspecified atom stereocenters. The first-order valence-electron chi connectivity index (χ1n) is 10.2. The van der Waals surface area contributed by atoms with Gasteiger partial charge in [0.05, 0.1) is 30.5 Å². The second-order valence-electron chi connectivity index (χ2n) is 8.03. The summed E-state index contributed by atoms with van der Waals surface area (Å²) in [5, 5.41) is 30.2. The van der Waals surface area contributed by atoms with Crippen LogP contribution in [0, 0.1) is 45.3 Å². The number of methoxy groups -OCH3 is 1. The zero-order valence-corrected chi connectivity index (χ0v) is 17.2. The van der Waals surface area contributed by atoms with Crippen LogP contribution in [0.15, 0.2) is 77.5 Å². The highest BCUT2D eigenvalue weighted by Crippen LogP contribution is 2.57. The van der Waals surface area contributed by atoms with E-state index >= 15 is 0 Å². The van der Waals surface area contributed by atoms with Gasteiger partial charge in [0.15, 0.2) is 5.41 Å². The van der Waals surface area contributed by atoms with Crippen LogP contribution < -0.4 is 10.5 Å². The highest BCUT2D eigenvalue weighted by Gasteiger charge is 2.54. The third kappa shape index (κ3) is 3.14. The smallest absolute Gasteiger partial charge is 0.191 e. The maximum atomic E-state index is 10.2. The van der Waals surface area contributed by atoms with Crippen molar-refractivity contribution in [2.24, 2.45) is 17.1 Å². The van der Waals surface area contributed by atoms with Crippen molar-refractivity contribution < 1.29 is 4.74 Å². The molecule has 2 aromatic carbocycles. The van der Waals surface area contributed by atoms with E-state index in [-0.39, 0.29) is 23.1 Å². The van der Waals surface area contributed by atoms with Crippen molar-refractivity contribution in [2.75, 3.05) is 7.11 Å². The Morgan fingerprint density at radius 3 is 2.23 bits per heavy atom. The summed E-state index contributed by atoms with van der Waals surface area (Å²) in [5.74, 6) is 0.281. The van der Waals surface area contributed by atoms with Crippen molar-refractivity contribution in [3.63, 3.8) is 0 Å². The third-order valence-corrected chi connectivity index (χ3v) is 6.62. The molecule has 4 rings (SSSR count). The van der Waals surface area contributed by atoms with E-state index in [9.17, 15) is 15.8 Å². The van der Waals surface area contributed by atoms with E-state index in [1.807, 2.05) is 42.5 Å². The van der Waals surface area contributed by atoms with Crippen molar-refractivity contribution in [2.45, 2.75) is 24.7 Å². The Labute approximate surface area is 182 Å². The molecule has 0 saturated carbocycles. The molecule has 0 heterocycles. The Morgan fingerprint density at radius 1 is 0.968 bits per heavy atom. The van der Waals surface area contributed by atoms with Gasteiger partial charge in [-0.15, -0.1) is 0 Å². The molecule has 3 atom stereocenters. The Morgan fingerprint density at radius 2 is 1.65 bits per heavy atom. The molecule has 0 radical (unpaired) electrons. The lowest BCUT2D eigenvalue weighted by Crippen LogP contribution is -2.43. The van der Waals surface area contributed by atoms with E-state index in [4.69, 9.17) is 10.5 Å². The number of nitriles is 3. The Hall–Kier alpha value is -4.01. The lowest BCUT2D eigenvalue weighted by molar-refractivity contribution is 0.302. The minimum absolute atomic E-state index is 0.0569. The minimum atomic E-state index is -1.61. The van der Waals surface area contributed by atoms with Crippen LogP contribution in [-0.2, 0) is 0 Å². The van der Waals surface area contributed by atoms with Crippen LogP contribution >= 0.6 is 0 Å². The molecule has 5 nitrogen and oxygen atoms in total. The Balaban J connectivity index is 1.91. The molecular formula is C26H22N4O. The van der Waals surface area contributed by atoms with Gasteiger partial charge in [-0.2, -0.15) is 15.8 Å². The molecule has 2 aromatic rings. The molecule has 0 amide bonds. The molecule has 0 spiro atoms. The third-order valence-electron chi connectivity index (χ3n) is 6.62. The number of rotatable bonds is 3. The first-order valence-corrected chi connectivity index (χ1v) is 10.2. The van der Waals surface area contributed by atoms with Crippen LogP contribution in [0.2, 0.25) is 0 Å². The van der Waals surface area contributed by atoms with Gasteiger partial charge in [0, 0.05) is 5.92 Å². The van der Waals surface area contributed by atoms with E-state index < -0.39 is 11.3 Å². The van der Waals surface area contributed by atoms with Crippen LogP contribution in [0.4, 0.5) is 0 Å². The number of benzene rings is 2. The Kier molecular flexibility index (Phi) is 5.24. The summed E-state index contributed by atoms with van der Waals surface area (Å²) < 4.78 is 5.28. The molecule has 0 saturated heterocycles. The first-order chi connectivity index (χ1) is 15.1. The van der Waals surface area contributed by atoms with Crippen molar-refractivity contribution in [1.29, 1.82) is 15.8 Å². The SMILES string of the molecule is COc1ccc([C@H]2[C@@H]3CC(c4ccccc4)CC=C3C(C#N)=C(N)C2(C#N)C#N)cc1. The van der Waals surface area contributed by atoms with Gasteiger partial charge in [-0.3, -0.25) is 0 Å². The summed E-state index contributed by atoms with van der Waals surface area (Å²) in [6, 6.07) is 24.2. The van der Waals surface area contributed by atoms with Crippen LogP contribution in [0.3, 0.4) is 0 Å². The molecule has 0 bridgehead atoms. The van der Waals surface area contributed by atoms with Gasteiger partial charge in [0.1, 0.15) is 11.8 Å². The van der Waals surface area contributed by atoms with Crippen LogP contribution in [-0.4, -0.2) is 7.11 Å². The van der Waals surface area contributed by atoms with Gasteiger partial charge in [-0.25, -0.2) is 0 Å². The van der Waals surface area contributed by atoms with Gasteiger partial charge < -0.3 is 10.5 Å². The van der Waals surface area contributed by atoms with Gasteiger partial charge in [0.2, 0.25) is 0 Å². The maximum Gasteiger partial charge on any atom is 0.191 e. The average molecular weight is 406 g/mol.